The second-order valence-corrected chi connectivity index (χ2v) is 1.92. The van der Waals surface area contributed by atoms with E-state index < -0.39 is 0 Å². The lowest BCUT2D eigenvalue weighted by atomic mass is 10.5. The average molecular weight is 168 g/mol. The van der Waals surface area contributed by atoms with E-state index in [1.165, 1.54) is 0 Å². The molecule has 0 aromatic rings. The van der Waals surface area contributed by atoms with Gasteiger partial charge >= 0.3 is 0 Å². The highest BCUT2D eigenvalue weighted by Crippen LogP contribution is 1.90. The molecule has 0 aromatic carbocycles. The van der Waals surface area contributed by atoms with Crippen LogP contribution in [-0.2, 0) is 0 Å². The molecule has 0 spiro atoms. The zero-order valence-electron chi connectivity index (χ0n) is 3.51. The van der Waals surface area contributed by atoms with Crippen molar-refractivity contribution in [3.8, 4) is 6.07 Å². The number of rotatable bonds is 0. The average Bonchev–Trinajstić information content (AvgIpc) is 1.38. The molecule has 2 unspecified atom stereocenters. The normalized spacial score (nSPS) is 10.8. The molecule has 6 heavy (non-hydrogen) atoms. The Labute approximate surface area is 50.7 Å². The molecule has 0 saturated carbocycles. The molecule has 0 rings (SSSR count). The minimum Gasteiger partial charge on any atom is -0.198 e. The van der Waals surface area contributed by atoms with Crippen LogP contribution in [0.3, 0.4) is 0 Å². The van der Waals surface area contributed by atoms with E-state index >= 15 is 0 Å². The Bertz CT molecular complexity index is 56.3. The highest BCUT2D eigenvalue weighted by atomic mass is 79.9. The molecule has 0 amide bonds. The van der Waals surface area contributed by atoms with E-state index in [1.54, 1.807) is 0 Å². The molecule has 0 bridgehead atoms. The van der Waals surface area contributed by atoms with Gasteiger partial charge in [0.25, 0.3) is 0 Å². The third-order valence-corrected chi connectivity index (χ3v) is 0.353. The number of nitriles is 1. The van der Waals surface area contributed by atoms with E-state index in [4.69, 9.17) is 5.26 Å². The first-order chi connectivity index (χ1) is 2.27. The van der Waals surface area contributed by atoms with Crippen molar-refractivity contribution in [1.82, 2.24) is 0 Å². The quantitative estimate of drug-likeness (QED) is 0.500. The maximum atomic E-state index is 7.87. The van der Waals surface area contributed by atoms with E-state index in [0.29, 0.717) is 0 Å². The van der Waals surface area contributed by atoms with Crippen LogP contribution >= 0.6 is 26.2 Å². The molecule has 0 radical (unpaired) electrons. The molecule has 0 N–H and O–H groups in total. The number of nitrogens with zero attached hydrogens (tertiary/aromatic N) is 1. The molecule has 3 heteroatoms. The predicted octanol–water partition coefficient (Wildman–Crippen LogP) is 1.35. The van der Waals surface area contributed by atoms with Crippen molar-refractivity contribution in [1.29, 1.82) is 5.26 Å². The summed E-state index contributed by atoms with van der Waals surface area (Å²) < 4.78 is 0. The maximum absolute atomic E-state index is 7.87. The van der Waals surface area contributed by atoms with E-state index in [-0.39, 0.29) is 22.6 Å². The molecule has 0 heterocycles. The summed E-state index contributed by atoms with van der Waals surface area (Å²) in [5.74, 6) is 0. The molecular weight excluding hydrogens is 161 g/mol. The molecule has 0 fully saturated rings. The van der Waals surface area contributed by atoms with Gasteiger partial charge < -0.3 is 0 Å². The number of hydrogen-bond donors (Lipinski definition) is 0. The number of hydrogen-bond acceptors (Lipinski definition) is 1. The smallest absolute Gasteiger partial charge is 0.0694 e. The van der Waals surface area contributed by atoms with Gasteiger partial charge in [-0.3, -0.25) is 0 Å². The largest absolute Gasteiger partial charge is 0.198 e. The topological polar surface area (TPSA) is 23.8 Å². The van der Waals surface area contributed by atoms with Crippen LogP contribution in [-0.4, -0.2) is 5.66 Å². The van der Waals surface area contributed by atoms with E-state index in [9.17, 15) is 0 Å². The highest BCUT2D eigenvalue weighted by molar-refractivity contribution is 8.93. The monoisotopic (exact) mass is 167 g/mol. The van der Waals surface area contributed by atoms with Gasteiger partial charge in [-0.2, -0.15) is 5.26 Å². The molecule has 2 atom stereocenters. The summed E-state index contributed by atoms with van der Waals surface area (Å²) in [7, 11) is 2.37. The van der Waals surface area contributed by atoms with Crippen molar-refractivity contribution in [2.45, 2.75) is 12.6 Å². The summed E-state index contributed by atoms with van der Waals surface area (Å²) in [6.45, 7) is 1.82. The van der Waals surface area contributed by atoms with Gasteiger partial charge in [0.2, 0.25) is 0 Å². The third kappa shape index (κ3) is 8.83. The summed E-state index contributed by atoms with van der Waals surface area (Å²) in [6, 6.07) is 1.99. The fourth-order valence-corrected chi connectivity index (χ4v) is 0. The fraction of sp³-hybridized carbons (Fsp3) is 0.667. The minimum absolute atomic E-state index is 0. The van der Waals surface area contributed by atoms with Crippen molar-refractivity contribution >= 4 is 26.2 Å². The van der Waals surface area contributed by atoms with Crippen LogP contribution in [0.1, 0.15) is 6.92 Å². The first kappa shape index (κ1) is 9.64. The molecule has 36 valence electrons. The third-order valence-electron chi connectivity index (χ3n) is 0.204. The molecule has 0 aliphatic carbocycles. The first-order valence-corrected chi connectivity index (χ1v) is 2.09. The summed E-state index contributed by atoms with van der Waals surface area (Å²) >= 11 is 0. The van der Waals surface area contributed by atoms with E-state index in [0.717, 1.165) is 0 Å². The molecule has 0 aliphatic heterocycles. The van der Waals surface area contributed by atoms with Gasteiger partial charge in [-0.05, 0) is 6.92 Å². The van der Waals surface area contributed by atoms with Crippen LogP contribution in [0.5, 0.6) is 0 Å². The second kappa shape index (κ2) is 5.40. The van der Waals surface area contributed by atoms with E-state index in [2.05, 4.69) is 9.24 Å². The SMILES string of the molecule is Br.CC(P)C#N. The minimum atomic E-state index is 0. The predicted molar refractivity (Wildman–Crippen MR) is 35.1 cm³/mol. The van der Waals surface area contributed by atoms with Crippen molar-refractivity contribution in [2.75, 3.05) is 0 Å². The number of halogens is 1. The molecule has 0 saturated heterocycles. The Morgan fingerprint density at radius 2 is 2.00 bits per heavy atom. The van der Waals surface area contributed by atoms with Gasteiger partial charge in [-0.15, -0.1) is 26.2 Å². The Balaban J connectivity index is 0. The summed E-state index contributed by atoms with van der Waals surface area (Å²) in [6.07, 6.45) is 0. The maximum Gasteiger partial charge on any atom is 0.0694 e. The van der Waals surface area contributed by atoms with Crippen LogP contribution in [0.15, 0.2) is 0 Å². The Morgan fingerprint density at radius 3 is 2.00 bits per heavy atom. The summed E-state index contributed by atoms with van der Waals surface area (Å²) in [5.41, 5.74) is 0.106. The van der Waals surface area contributed by atoms with Gasteiger partial charge in [0, 0.05) is 0 Å². The van der Waals surface area contributed by atoms with Crippen LogP contribution in [0.4, 0.5) is 0 Å². The van der Waals surface area contributed by atoms with Crippen molar-refractivity contribution in [2.24, 2.45) is 0 Å². The van der Waals surface area contributed by atoms with Crippen molar-refractivity contribution in [3.05, 3.63) is 0 Å². The van der Waals surface area contributed by atoms with Crippen LogP contribution in [0.25, 0.3) is 0 Å². The standard InChI is InChI=1S/C3H6NP.BrH/c1-3(5)2-4;/h3H,5H2,1H3;1H. The Hall–Kier alpha value is 0.400. The molecule has 0 aliphatic rings. The summed E-state index contributed by atoms with van der Waals surface area (Å²) in [4.78, 5) is 0. The Kier molecular flexibility index (Phi) is 8.68. The Morgan fingerprint density at radius 1 is 1.83 bits per heavy atom. The van der Waals surface area contributed by atoms with Crippen LogP contribution in [0.2, 0.25) is 0 Å². The second-order valence-electron chi connectivity index (χ2n) is 0.918. The van der Waals surface area contributed by atoms with Gasteiger partial charge in [-0.1, -0.05) is 0 Å². The first-order valence-electron chi connectivity index (χ1n) is 1.42. The lowest BCUT2D eigenvalue weighted by Crippen LogP contribution is -1.75. The fourth-order valence-electron chi connectivity index (χ4n) is 0. The van der Waals surface area contributed by atoms with Gasteiger partial charge in [0.1, 0.15) is 0 Å². The van der Waals surface area contributed by atoms with Gasteiger partial charge in [0.05, 0.1) is 11.7 Å². The highest BCUT2D eigenvalue weighted by Gasteiger charge is 1.78. The lowest BCUT2D eigenvalue weighted by molar-refractivity contribution is 1.25. The van der Waals surface area contributed by atoms with E-state index in [1.807, 2.05) is 13.0 Å². The van der Waals surface area contributed by atoms with Crippen molar-refractivity contribution < 1.29 is 0 Å². The van der Waals surface area contributed by atoms with Crippen LogP contribution < -0.4 is 0 Å². The van der Waals surface area contributed by atoms with Gasteiger partial charge in [0.15, 0.2) is 0 Å². The lowest BCUT2D eigenvalue weighted by Gasteiger charge is -1.76. The molecular formula is C3H7BrNP. The van der Waals surface area contributed by atoms with Crippen LogP contribution in [0, 0.1) is 11.3 Å². The zero-order valence-corrected chi connectivity index (χ0v) is 6.38. The molecule has 1 nitrogen and oxygen atoms in total. The summed E-state index contributed by atoms with van der Waals surface area (Å²) in [5, 5.41) is 7.87. The zero-order chi connectivity index (χ0) is 4.28. The molecule has 0 aromatic heterocycles. The van der Waals surface area contributed by atoms with Crippen molar-refractivity contribution in [3.63, 3.8) is 0 Å². The van der Waals surface area contributed by atoms with Gasteiger partial charge in [-0.25, -0.2) is 0 Å².